The summed E-state index contributed by atoms with van der Waals surface area (Å²) in [6, 6.07) is 10.5. The quantitative estimate of drug-likeness (QED) is 0.820. The van der Waals surface area contributed by atoms with Crippen LogP contribution in [0.15, 0.2) is 36.4 Å². The Hall–Kier alpha value is -3.02. The summed E-state index contributed by atoms with van der Waals surface area (Å²) in [6.45, 7) is 6.96. The molecule has 2 amide bonds. The van der Waals surface area contributed by atoms with E-state index in [-0.39, 0.29) is 18.6 Å². The van der Waals surface area contributed by atoms with E-state index in [1.807, 2.05) is 32.0 Å². The number of rotatable bonds is 2. The fourth-order valence-corrected chi connectivity index (χ4v) is 3.61. The number of carbonyl (C=O) groups excluding carboxylic acids is 2. The number of anilines is 1. The second-order valence-corrected chi connectivity index (χ2v) is 6.95. The van der Waals surface area contributed by atoms with Crippen LogP contribution in [0.4, 0.5) is 5.69 Å². The Kier molecular flexibility index (Phi) is 4.26. The first-order valence-electron chi connectivity index (χ1n) is 9.05. The molecule has 0 bridgehead atoms. The monoisotopic (exact) mass is 366 g/mol. The molecule has 1 unspecified atom stereocenters. The highest BCUT2D eigenvalue weighted by Crippen LogP contribution is 2.33. The molecule has 1 fully saturated rings. The molecular formula is C21H22N2O4. The molecule has 2 aliphatic rings. The fourth-order valence-electron chi connectivity index (χ4n) is 3.61. The van der Waals surface area contributed by atoms with E-state index in [1.165, 1.54) is 0 Å². The molecule has 2 aromatic rings. The van der Waals surface area contributed by atoms with Crippen LogP contribution in [-0.2, 0) is 4.79 Å². The summed E-state index contributed by atoms with van der Waals surface area (Å²) >= 11 is 0. The number of fused-ring (bicyclic) bond motifs is 1. The zero-order valence-corrected chi connectivity index (χ0v) is 15.7. The predicted molar refractivity (Wildman–Crippen MR) is 101 cm³/mol. The minimum Gasteiger partial charge on any atom is -0.454 e. The van der Waals surface area contributed by atoms with Crippen molar-refractivity contribution < 1.29 is 19.1 Å². The van der Waals surface area contributed by atoms with Crippen LogP contribution < -0.4 is 14.4 Å². The largest absolute Gasteiger partial charge is 0.454 e. The van der Waals surface area contributed by atoms with Crippen molar-refractivity contribution in [2.45, 2.75) is 26.8 Å². The summed E-state index contributed by atoms with van der Waals surface area (Å²) < 4.78 is 10.6. The molecule has 1 atom stereocenters. The van der Waals surface area contributed by atoms with Gasteiger partial charge in [-0.15, -0.1) is 0 Å². The van der Waals surface area contributed by atoms with Crippen LogP contribution in [0, 0.1) is 13.8 Å². The van der Waals surface area contributed by atoms with Crippen molar-refractivity contribution in [2.75, 3.05) is 24.8 Å². The van der Waals surface area contributed by atoms with Crippen LogP contribution in [-0.4, -0.2) is 42.6 Å². The third-order valence-electron chi connectivity index (χ3n) is 5.40. The minimum absolute atomic E-state index is 0.0657. The Balaban J connectivity index is 1.56. The van der Waals surface area contributed by atoms with Crippen LogP contribution in [0.1, 0.15) is 28.4 Å². The van der Waals surface area contributed by atoms with Gasteiger partial charge in [0.15, 0.2) is 11.5 Å². The summed E-state index contributed by atoms with van der Waals surface area (Å²) in [7, 11) is 0. The van der Waals surface area contributed by atoms with E-state index in [0.29, 0.717) is 30.2 Å². The molecule has 0 N–H and O–H groups in total. The molecule has 140 valence electrons. The molecule has 0 aromatic heterocycles. The minimum atomic E-state index is -0.531. The zero-order valence-electron chi connectivity index (χ0n) is 15.7. The van der Waals surface area contributed by atoms with Gasteiger partial charge in [-0.1, -0.05) is 12.1 Å². The van der Waals surface area contributed by atoms with Gasteiger partial charge in [-0.2, -0.15) is 0 Å². The SMILES string of the molecule is Cc1cccc(N2CCN(C(=O)c3ccc4c(c3)OCO4)C(C)C2=O)c1C. The first kappa shape index (κ1) is 17.4. The van der Waals surface area contributed by atoms with Gasteiger partial charge in [-0.05, 0) is 56.2 Å². The van der Waals surface area contributed by atoms with Crippen molar-refractivity contribution in [3.05, 3.63) is 53.1 Å². The van der Waals surface area contributed by atoms with E-state index < -0.39 is 6.04 Å². The molecule has 27 heavy (non-hydrogen) atoms. The van der Waals surface area contributed by atoms with Crippen LogP contribution in [0.2, 0.25) is 0 Å². The Morgan fingerprint density at radius 1 is 1.07 bits per heavy atom. The van der Waals surface area contributed by atoms with Crippen LogP contribution >= 0.6 is 0 Å². The molecule has 6 heteroatoms. The van der Waals surface area contributed by atoms with E-state index in [2.05, 4.69) is 0 Å². The van der Waals surface area contributed by atoms with Gasteiger partial charge < -0.3 is 19.3 Å². The van der Waals surface area contributed by atoms with E-state index >= 15 is 0 Å². The first-order chi connectivity index (χ1) is 13.0. The van der Waals surface area contributed by atoms with E-state index in [4.69, 9.17) is 9.47 Å². The second kappa shape index (κ2) is 6.61. The van der Waals surface area contributed by atoms with Gasteiger partial charge >= 0.3 is 0 Å². The number of ether oxygens (including phenoxy) is 2. The molecule has 0 radical (unpaired) electrons. The smallest absolute Gasteiger partial charge is 0.254 e. The van der Waals surface area contributed by atoms with Gasteiger partial charge in [0.1, 0.15) is 6.04 Å². The number of hydrogen-bond donors (Lipinski definition) is 0. The van der Waals surface area contributed by atoms with Crippen LogP contribution in [0.25, 0.3) is 0 Å². The number of aryl methyl sites for hydroxylation is 1. The lowest BCUT2D eigenvalue weighted by Crippen LogP contribution is -2.58. The summed E-state index contributed by atoms with van der Waals surface area (Å²) in [5.41, 5.74) is 3.65. The van der Waals surface area contributed by atoms with Gasteiger partial charge in [0.05, 0.1) is 0 Å². The topological polar surface area (TPSA) is 59.1 Å². The zero-order chi connectivity index (χ0) is 19.1. The van der Waals surface area contributed by atoms with E-state index in [1.54, 1.807) is 34.9 Å². The predicted octanol–water partition coefficient (Wildman–Crippen LogP) is 2.91. The number of hydrogen-bond acceptors (Lipinski definition) is 4. The molecule has 0 aliphatic carbocycles. The molecule has 0 spiro atoms. The van der Waals surface area contributed by atoms with Crippen molar-refractivity contribution in [3.8, 4) is 11.5 Å². The molecule has 1 saturated heterocycles. The molecule has 2 heterocycles. The summed E-state index contributed by atoms with van der Waals surface area (Å²) in [6.07, 6.45) is 0. The summed E-state index contributed by atoms with van der Waals surface area (Å²) in [5.74, 6) is 0.961. The lowest BCUT2D eigenvalue weighted by molar-refractivity contribution is -0.124. The van der Waals surface area contributed by atoms with Crippen molar-refractivity contribution in [3.63, 3.8) is 0 Å². The number of benzene rings is 2. The van der Waals surface area contributed by atoms with Gasteiger partial charge in [-0.3, -0.25) is 9.59 Å². The van der Waals surface area contributed by atoms with E-state index in [0.717, 1.165) is 16.8 Å². The Morgan fingerprint density at radius 2 is 1.85 bits per heavy atom. The summed E-state index contributed by atoms with van der Waals surface area (Å²) in [5, 5.41) is 0. The van der Waals surface area contributed by atoms with Crippen molar-refractivity contribution in [2.24, 2.45) is 0 Å². The lowest BCUT2D eigenvalue weighted by atomic mass is 10.0. The van der Waals surface area contributed by atoms with Crippen molar-refractivity contribution in [1.82, 2.24) is 4.90 Å². The molecule has 2 aromatic carbocycles. The highest BCUT2D eigenvalue weighted by atomic mass is 16.7. The molecule has 2 aliphatic heterocycles. The maximum absolute atomic E-state index is 13.0. The maximum atomic E-state index is 13.0. The molecule has 0 saturated carbocycles. The van der Waals surface area contributed by atoms with Gasteiger partial charge in [0.25, 0.3) is 5.91 Å². The van der Waals surface area contributed by atoms with Crippen molar-refractivity contribution >= 4 is 17.5 Å². The number of nitrogens with zero attached hydrogens (tertiary/aromatic N) is 2. The second-order valence-electron chi connectivity index (χ2n) is 6.95. The number of amides is 2. The van der Waals surface area contributed by atoms with Crippen LogP contribution in [0.3, 0.4) is 0 Å². The highest BCUT2D eigenvalue weighted by Gasteiger charge is 2.36. The Morgan fingerprint density at radius 3 is 2.67 bits per heavy atom. The lowest BCUT2D eigenvalue weighted by Gasteiger charge is -2.39. The van der Waals surface area contributed by atoms with Gasteiger partial charge in [0.2, 0.25) is 12.7 Å². The van der Waals surface area contributed by atoms with Gasteiger partial charge in [0, 0.05) is 24.3 Å². The fraction of sp³-hybridized carbons (Fsp3) is 0.333. The van der Waals surface area contributed by atoms with Gasteiger partial charge in [-0.25, -0.2) is 0 Å². The standard InChI is InChI=1S/C21H22N2O4/c1-13-5-4-6-17(14(13)2)23-10-9-22(15(3)20(23)24)21(25)16-7-8-18-19(11-16)27-12-26-18/h4-8,11,15H,9-10,12H2,1-3H3. The Labute approximate surface area is 158 Å². The number of piperazine rings is 1. The highest BCUT2D eigenvalue weighted by molar-refractivity contribution is 6.04. The molecule has 6 nitrogen and oxygen atoms in total. The van der Waals surface area contributed by atoms with Crippen molar-refractivity contribution in [1.29, 1.82) is 0 Å². The first-order valence-corrected chi connectivity index (χ1v) is 9.05. The maximum Gasteiger partial charge on any atom is 0.254 e. The Bertz CT molecular complexity index is 924. The average molecular weight is 366 g/mol. The third-order valence-corrected chi connectivity index (χ3v) is 5.40. The van der Waals surface area contributed by atoms with E-state index in [9.17, 15) is 9.59 Å². The normalized spacial score (nSPS) is 18.8. The average Bonchev–Trinajstić information content (AvgIpc) is 3.14. The molecule has 4 rings (SSSR count). The number of carbonyl (C=O) groups is 2. The summed E-state index contributed by atoms with van der Waals surface area (Å²) in [4.78, 5) is 29.4. The third kappa shape index (κ3) is 2.91. The van der Waals surface area contributed by atoms with Crippen LogP contribution in [0.5, 0.6) is 11.5 Å². The molecular weight excluding hydrogens is 344 g/mol.